The van der Waals surface area contributed by atoms with Crippen LogP contribution in [0.15, 0.2) is 54.6 Å². The molecule has 6 rings (SSSR count). The van der Waals surface area contributed by atoms with Gasteiger partial charge in [-0.3, -0.25) is 9.59 Å². The lowest BCUT2D eigenvalue weighted by molar-refractivity contribution is -0.167. The monoisotopic (exact) mass is 596 g/mol. The van der Waals surface area contributed by atoms with E-state index in [0.717, 1.165) is 6.42 Å². The Morgan fingerprint density at radius 3 is 2.44 bits per heavy atom. The van der Waals surface area contributed by atoms with Crippen molar-refractivity contribution in [2.75, 3.05) is 12.4 Å². The summed E-state index contributed by atoms with van der Waals surface area (Å²) in [7, 11) is 1.31. The number of piperidine rings is 1. The zero-order valence-corrected chi connectivity index (χ0v) is 23.9. The first-order valence-corrected chi connectivity index (χ1v) is 14.1. The number of rotatable bonds is 5. The normalized spacial score (nSPS) is 24.2. The van der Waals surface area contributed by atoms with Crippen LogP contribution in [0.25, 0.3) is 0 Å². The van der Waals surface area contributed by atoms with Crippen molar-refractivity contribution >= 4 is 46.7 Å². The summed E-state index contributed by atoms with van der Waals surface area (Å²) in [5, 5.41) is 6.75. The number of esters is 1. The van der Waals surface area contributed by atoms with E-state index in [4.69, 9.17) is 32.7 Å². The van der Waals surface area contributed by atoms with Crippen LogP contribution in [0, 0.1) is 12.7 Å². The van der Waals surface area contributed by atoms with Crippen molar-refractivity contribution in [1.82, 2.24) is 5.32 Å². The van der Waals surface area contributed by atoms with Gasteiger partial charge in [0, 0.05) is 33.6 Å². The molecule has 3 aromatic carbocycles. The minimum Gasteiger partial charge on any atom is -0.475 e. The average molecular weight is 597 g/mol. The van der Waals surface area contributed by atoms with Crippen molar-refractivity contribution in [3.8, 4) is 5.75 Å². The first-order valence-electron chi connectivity index (χ1n) is 13.3. The molecule has 7 nitrogen and oxygen atoms in total. The van der Waals surface area contributed by atoms with Crippen LogP contribution in [0.1, 0.15) is 59.9 Å². The summed E-state index contributed by atoms with van der Waals surface area (Å²) in [6.07, 6.45) is 1.61. The maximum Gasteiger partial charge on any atom is 0.350 e. The minimum atomic E-state index is -1.44. The third kappa shape index (κ3) is 4.27. The van der Waals surface area contributed by atoms with Crippen LogP contribution in [-0.2, 0) is 24.5 Å². The summed E-state index contributed by atoms with van der Waals surface area (Å²) in [4.78, 5) is 40.6. The number of carbonyl (C=O) groups is 3. The number of hydrogen-bond acceptors (Lipinski definition) is 5. The fraction of sp³-hybridized carbons (Fsp3) is 0.323. The molecular weight excluding hydrogens is 570 g/mol. The van der Waals surface area contributed by atoms with Crippen molar-refractivity contribution in [3.63, 3.8) is 0 Å². The molecule has 10 heteroatoms. The Morgan fingerprint density at radius 2 is 1.73 bits per heavy atom. The standard InChI is InChI=1S/C31H27Cl2FN2O5/c1-16-4-7-19(34)14-20(16)27-31(22-8-5-18(33)13-24(22)35-28(31)38)23(15-26(37)36-27)21-12-17(32)6-9-25(21)41-30(10-3-11-30)29(39)40-2/h4-9,12-14,23,27H,3,10-11,15H2,1-2H3,(H,35,38)(H,36,37)/t23-,27+,31-/m0/s1. The molecule has 2 amide bonds. The van der Waals surface area contributed by atoms with Crippen LogP contribution in [0.5, 0.6) is 5.75 Å². The van der Waals surface area contributed by atoms with Gasteiger partial charge in [-0.25, -0.2) is 9.18 Å². The minimum absolute atomic E-state index is 0.0950. The molecule has 2 fully saturated rings. The maximum absolute atomic E-state index is 14.7. The van der Waals surface area contributed by atoms with Gasteiger partial charge in [-0.05, 0) is 85.3 Å². The predicted molar refractivity (Wildman–Crippen MR) is 152 cm³/mol. The highest BCUT2D eigenvalue weighted by molar-refractivity contribution is 6.31. The van der Waals surface area contributed by atoms with Crippen molar-refractivity contribution in [1.29, 1.82) is 0 Å². The average Bonchev–Trinajstić information content (AvgIpc) is 3.20. The molecule has 1 aliphatic carbocycles. The van der Waals surface area contributed by atoms with Crippen molar-refractivity contribution in [2.24, 2.45) is 0 Å². The Labute approximate surface area is 246 Å². The molecule has 0 bridgehead atoms. The van der Waals surface area contributed by atoms with Crippen LogP contribution in [-0.4, -0.2) is 30.5 Å². The molecule has 1 saturated heterocycles. The molecule has 212 valence electrons. The van der Waals surface area contributed by atoms with Crippen molar-refractivity contribution in [2.45, 2.75) is 55.6 Å². The van der Waals surface area contributed by atoms with Crippen LogP contribution in [0.3, 0.4) is 0 Å². The van der Waals surface area contributed by atoms with E-state index in [2.05, 4.69) is 10.6 Å². The molecule has 3 aliphatic rings. The third-order valence-electron chi connectivity index (χ3n) is 8.67. The third-order valence-corrected chi connectivity index (χ3v) is 9.14. The van der Waals surface area contributed by atoms with E-state index in [1.54, 1.807) is 49.4 Å². The molecule has 1 spiro atoms. The van der Waals surface area contributed by atoms with Crippen LogP contribution < -0.4 is 15.4 Å². The van der Waals surface area contributed by atoms with Gasteiger partial charge in [0.1, 0.15) is 17.0 Å². The fourth-order valence-corrected chi connectivity index (χ4v) is 6.92. The van der Waals surface area contributed by atoms with Crippen LogP contribution in [0.2, 0.25) is 10.0 Å². The van der Waals surface area contributed by atoms with Gasteiger partial charge in [0.15, 0.2) is 0 Å². The highest BCUT2D eigenvalue weighted by Crippen LogP contribution is 2.59. The number of ether oxygens (including phenoxy) is 2. The number of carbonyl (C=O) groups excluding carboxylic acids is 3. The molecule has 3 atom stereocenters. The largest absolute Gasteiger partial charge is 0.475 e. The number of halogens is 3. The van der Waals surface area contributed by atoms with Crippen LogP contribution >= 0.6 is 23.2 Å². The Morgan fingerprint density at radius 1 is 1.00 bits per heavy atom. The van der Waals surface area contributed by atoms with E-state index in [9.17, 15) is 18.8 Å². The summed E-state index contributed by atoms with van der Waals surface area (Å²) in [6.45, 7) is 1.80. The molecule has 1 saturated carbocycles. The lowest BCUT2D eigenvalue weighted by atomic mass is 9.59. The molecule has 0 radical (unpaired) electrons. The summed E-state index contributed by atoms with van der Waals surface area (Å²) < 4.78 is 26.2. The van der Waals surface area contributed by atoms with Crippen molar-refractivity contribution in [3.05, 3.63) is 92.7 Å². The molecule has 3 aromatic rings. The van der Waals surface area contributed by atoms with E-state index in [1.807, 2.05) is 0 Å². The first kappa shape index (κ1) is 27.5. The number of amides is 2. The topological polar surface area (TPSA) is 93.7 Å². The number of hydrogen-bond donors (Lipinski definition) is 2. The summed E-state index contributed by atoms with van der Waals surface area (Å²) in [5.74, 6) is -2.19. The molecule has 41 heavy (non-hydrogen) atoms. The summed E-state index contributed by atoms with van der Waals surface area (Å²) in [5.41, 5.74) is 0.139. The van der Waals surface area contributed by atoms with E-state index in [1.165, 1.54) is 19.2 Å². The maximum atomic E-state index is 14.7. The molecule has 2 N–H and O–H groups in total. The molecule has 0 unspecified atom stereocenters. The van der Waals surface area contributed by atoms with Crippen LogP contribution in [0.4, 0.5) is 10.1 Å². The van der Waals surface area contributed by atoms with Gasteiger partial charge in [-0.15, -0.1) is 0 Å². The van der Waals surface area contributed by atoms with E-state index in [0.29, 0.717) is 56.6 Å². The Kier molecular flexibility index (Phi) is 6.74. The number of anilines is 1. The smallest absolute Gasteiger partial charge is 0.350 e. The van der Waals surface area contributed by atoms with Gasteiger partial charge in [0.2, 0.25) is 17.4 Å². The summed E-state index contributed by atoms with van der Waals surface area (Å²) >= 11 is 12.8. The zero-order chi connectivity index (χ0) is 29.1. The second kappa shape index (κ2) is 10.0. The molecular formula is C31H27Cl2FN2O5. The lowest BCUT2D eigenvalue weighted by Gasteiger charge is -2.47. The summed E-state index contributed by atoms with van der Waals surface area (Å²) in [6, 6.07) is 13.4. The van der Waals surface area contributed by atoms with Gasteiger partial charge in [0.25, 0.3) is 0 Å². The van der Waals surface area contributed by atoms with Gasteiger partial charge >= 0.3 is 5.97 Å². The predicted octanol–water partition coefficient (Wildman–Crippen LogP) is 6.15. The Bertz CT molecular complexity index is 1610. The molecule has 2 aliphatic heterocycles. The van der Waals surface area contributed by atoms with E-state index < -0.39 is 34.8 Å². The van der Waals surface area contributed by atoms with Gasteiger partial charge in [0.05, 0.1) is 13.2 Å². The molecule has 0 aromatic heterocycles. The zero-order valence-electron chi connectivity index (χ0n) is 22.4. The van der Waals surface area contributed by atoms with Gasteiger partial charge in [-0.2, -0.15) is 0 Å². The second-order valence-electron chi connectivity index (χ2n) is 10.9. The Balaban J connectivity index is 1.61. The number of nitrogens with one attached hydrogen (secondary N) is 2. The number of fused-ring (bicyclic) bond motifs is 2. The highest BCUT2D eigenvalue weighted by Gasteiger charge is 2.62. The number of aryl methyl sites for hydroxylation is 1. The quantitative estimate of drug-likeness (QED) is 0.344. The number of benzene rings is 3. The van der Waals surface area contributed by atoms with E-state index >= 15 is 0 Å². The highest BCUT2D eigenvalue weighted by atomic mass is 35.5. The Hall–Kier alpha value is -3.62. The molecule has 2 heterocycles. The van der Waals surface area contributed by atoms with Crippen molar-refractivity contribution < 1.29 is 28.2 Å². The number of methoxy groups -OCH3 is 1. The fourth-order valence-electron chi connectivity index (χ4n) is 6.57. The SMILES string of the molecule is COC(=O)C1(Oc2ccc(Cl)cc2[C@@H]2CC(=O)N[C@H](c3cc(F)ccc3C)[C@@]23C(=O)Nc2cc(Cl)ccc23)CCC1. The van der Waals surface area contributed by atoms with Gasteiger partial charge in [-0.1, -0.05) is 35.3 Å². The first-order chi connectivity index (χ1) is 19.6. The lowest BCUT2D eigenvalue weighted by Crippen LogP contribution is -2.57. The van der Waals surface area contributed by atoms with Gasteiger partial charge < -0.3 is 20.1 Å². The van der Waals surface area contributed by atoms with E-state index in [-0.39, 0.29) is 18.2 Å². The second-order valence-corrected chi connectivity index (χ2v) is 11.8.